The van der Waals surface area contributed by atoms with Gasteiger partial charge in [-0.15, -0.1) is 0 Å². The summed E-state index contributed by atoms with van der Waals surface area (Å²) in [4.78, 5) is 26.7. The lowest BCUT2D eigenvalue weighted by Gasteiger charge is -2.07. The minimum Gasteiger partial charge on any atom is -0.478 e. The Labute approximate surface area is 149 Å². The number of hydrogen-bond acceptors (Lipinski definition) is 7. The first-order chi connectivity index (χ1) is 12.1. The summed E-state index contributed by atoms with van der Waals surface area (Å²) in [7, 11) is 0. The van der Waals surface area contributed by atoms with Gasteiger partial charge in [0.05, 0.1) is 16.6 Å². The second kappa shape index (κ2) is 6.11. The lowest BCUT2D eigenvalue weighted by atomic mass is 10.1. The van der Waals surface area contributed by atoms with Gasteiger partial charge in [0, 0.05) is 29.0 Å². The van der Waals surface area contributed by atoms with Crippen molar-refractivity contribution < 1.29 is 9.90 Å². The van der Waals surface area contributed by atoms with E-state index in [-0.39, 0.29) is 10.8 Å². The normalized spacial score (nSPS) is 10.9. The zero-order chi connectivity index (χ0) is 17.4. The number of hydrogen-bond donors (Lipinski definition) is 3. The van der Waals surface area contributed by atoms with Crippen LogP contribution in [0.5, 0.6) is 0 Å². The van der Waals surface area contributed by atoms with E-state index in [1.807, 2.05) is 24.3 Å². The second-order valence-corrected chi connectivity index (χ2v) is 6.12. The van der Waals surface area contributed by atoms with Gasteiger partial charge in [0.25, 0.3) is 0 Å². The van der Waals surface area contributed by atoms with Crippen LogP contribution in [-0.2, 0) is 0 Å². The molecule has 0 aliphatic heterocycles. The fraction of sp³-hybridized carbons (Fsp3) is 0. The third-order valence-corrected chi connectivity index (χ3v) is 4.39. The Morgan fingerprint density at radius 1 is 1.32 bits per heavy atom. The minimum atomic E-state index is -1.04. The van der Waals surface area contributed by atoms with Crippen molar-refractivity contribution in [3.05, 3.63) is 47.6 Å². The number of carboxylic acids is 1. The Bertz CT molecular complexity index is 1090. The van der Waals surface area contributed by atoms with E-state index >= 15 is 0 Å². The average molecular weight is 373 g/mol. The number of halogens is 1. The third-order valence-electron chi connectivity index (χ3n) is 3.49. The van der Waals surface area contributed by atoms with Crippen molar-refractivity contribution >= 4 is 51.0 Å². The first kappa shape index (κ1) is 15.5. The molecule has 4 rings (SSSR count). The molecular weight excluding hydrogens is 364 g/mol. The largest absolute Gasteiger partial charge is 0.478 e. The van der Waals surface area contributed by atoms with Crippen molar-refractivity contribution in [3.63, 3.8) is 0 Å². The molecule has 0 saturated heterocycles. The summed E-state index contributed by atoms with van der Waals surface area (Å²) < 4.78 is 3.90. The molecule has 0 amide bonds. The standard InChI is InChI=1S/C15H9ClN6O2S/c16-14-21-15(25-22-14)20-8-3-1-2-7(4-8)11-10-9(13(23)24)5-17-12(10)19-6-18-11/h1-6H,(H,23,24)(H,17,18,19)(H,20,21,22). The van der Waals surface area contributed by atoms with Crippen LogP contribution < -0.4 is 5.32 Å². The average Bonchev–Trinajstić information content (AvgIpc) is 3.21. The van der Waals surface area contributed by atoms with E-state index in [2.05, 4.69) is 29.6 Å². The summed E-state index contributed by atoms with van der Waals surface area (Å²) >= 11 is 6.87. The van der Waals surface area contributed by atoms with Crippen LogP contribution in [0.1, 0.15) is 10.4 Å². The maximum atomic E-state index is 11.5. The predicted molar refractivity (Wildman–Crippen MR) is 94.5 cm³/mol. The van der Waals surface area contributed by atoms with Crippen molar-refractivity contribution in [2.24, 2.45) is 0 Å². The van der Waals surface area contributed by atoms with Crippen LogP contribution in [0, 0.1) is 0 Å². The first-order valence-electron chi connectivity index (χ1n) is 7.04. The van der Waals surface area contributed by atoms with E-state index in [9.17, 15) is 9.90 Å². The summed E-state index contributed by atoms with van der Waals surface area (Å²) in [6.07, 6.45) is 2.81. The maximum absolute atomic E-state index is 11.5. The molecule has 1 aromatic carbocycles. The zero-order valence-corrected chi connectivity index (χ0v) is 14.0. The highest BCUT2D eigenvalue weighted by Gasteiger charge is 2.17. The molecule has 0 unspecified atom stereocenters. The Kier molecular flexibility index (Phi) is 3.79. The van der Waals surface area contributed by atoms with Gasteiger partial charge >= 0.3 is 5.97 Å². The quantitative estimate of drug-likeness (QED) is 0.501. The fourth-order valence-electron chi connectivity index (χ4n) is 2.47. The van der Waals surface area contributed by atoms with Crippen molar-refractivity contribution in [1.29, 1.82) is 0 Å². The Balaban J connectivity index is 1.80. The van der Waals surface area contributed by atoms with Gasteiger partial charge in [0.2, 0.25) is 10.4 Å². The number of nitrogens with one attached hydrogen (secondary N) is 2. The number of anilines is 2. The maximum Gasteiger partial charge on any atom is 0.338 e. The molecule has 8 nitrogen and oxygen atoms in total. The number of aromatic nitrogens is 5. The molecule has 3 heterocycles. The molecule has 124 valence electrons. The molecule has 0 spiro atoms. The SMILES string of the molecule is O=C(O)c1c[nH]c2ncnc(-c3cccc(Nc4nc(Cl)ns4)c3)c12. The van der Waals surface area contributed by atoms with Gasteiger partial charge in [-0.2, -0.15) is 9.36 Å². The van der Waals surface area contributed by atoms with Gasteiger partial charge in [-0.1, -0.05) is 12.1 Å². The van der Waals surface area contributed by atoms with Crippen LogP contribution in [0.2, 0.25) is 5.28 Å². The van der Waals surface area contributed by atoms with Crippen molar-refractivity contribution in [1.82, 2.24) is 24.3 Å². The molecule has 0 radical (unpaired) electrons. The molecule has 0 bridgehead atoms. The number of nitrogens with zero attached hydrogens (tertiary/aromatic N) is 4. The molecule has 0 saturated carbocycles. The summed E-state index contributed by atoms with van der Waals surface area (Å²) in [5.74, 6) is -1.04. The van der Waals surface area contributed by atoms with Crippen molar-refractivity contribution in [2.75, 3.05) is 5.32 Å². The number of benzene rings is 1. The number of aromatic amines is 1. The van der Waals surface area contributed by atoms with Crippen LogP contribution in [0.25, 0.3) is 22.3 Å². The van der Waals surface area contributed by atoms with Crippen molar-refractivity contribution in [3.8, 4) is 11.3 Å². The summed E-state index contributed by atoms with van der Waals surface area (Å²) in [6.45, 7) is 0. The van der Waals surface area contributed by atoms with Crippen LogP contribution >= 0.6 is 23.1 Å². The van der Waals surface area contributed by atoms with Gasteiger partial charge in [-0.05, 0) is 23.7 Å². The smallest absolute Gasteiger partial charge is 0.338 e. The Hall–Kier alpha value is -3.04. The molecule has 0 aliphatic rings. The van der Waals surface area contributed by atoms with Crippen LogP contribution in [-0.4, -0.2) is 35.4 Å². The summed E-state index contributed by atoms with van der Waals surface area (Å²) in [5.41, 5.74) is 2.62. The molecule has 0 atom stereocenters. The molecule has 3 aromatic heterocycles. The lowest BCUT2D eigenvalue weighted by Crippen LogP contribution is -1.97. The van der Waals surface area contributed by atoms with Gasteiger partial charge < -0.3 is 15.4 Å². The molecule has 0 aliphatic carbocycles. The number of aromatic carboxylic acids is 1. The van der Waals surface area contributed by atoms with Crippen LogP contribution in [0.3, 0.4) is 0 Å². The lowest BCUT2D eigenvalue weighted by molar-refractivity contribution is 0.0699. The summed E-state index contributed by atoms with van der Waals surface area (Å²) in [5, 5.41) is 13.7. The molecule has 10 heteroatoms. The predicted octanol–water partition coefficient (Wildman–Crippen LogP) is 3.57. The molecule has 4 aromatic rings. The van der Waals surface area contributed by atoms with E-state index in [1.165, 1.54) is 12.5 Å². The molecule has 0 fully saturated rings. The van der Waals surface area contributed by atoms with E-state index in [0.717, 1.165) is 22.8 Å². The van der Waals surface area contributed by atoms with E-state index < -0.39 is 5.97 Å². The Morgan fingerprint density at radius 3 is 2.96 bits per heavy atom. The van der Waals surface area contributed by atoms with Gasteiger partial charge in [-0.25, -0.2) is 14.8 Å². The van der Waals surface area contributed by atoms with E-state index in [4.69, 9.17) is 11.6 Å². The van der Waals surface area contributed by atoms with Crippen LogP contribution in [0.4, 0.5) is 10.8 Å². The molecule has 3 N–H and O–H groups in total. The summed E-state index contributed by atoms with van der Waals surface area (Å²) in [6, 6.07) is 7.38. The number of carbonyl (C=O) groups is 1. The highest BCUT2D eigenvalue weighted by molar-refractivity contribution is 7.10. The van der Waals surface area contributed by atoms with Gasteiger partial charge in [0.1, 0.15) is 12.0 Å². The van der Waals surface area contributed by atoms with Crippen molar-refractivity contribution in [2.45, 2.75) is 0 Å². The number of rotatable bonds is 4. The topological polar surface area (TPSA) is 117 Å². The highest BCUT2D eigenvalue weighted by Crippen LogP contribution is 2.30. The Morgan fingerprint density at radius 2 is 2.20 bits per heavy atom. The number of fused-ring (bicyclic) bond motifs is 1. The van der Waals surface area contributed by atoms with Gasteiger partial charge in [0.15, 0.2) is 0 Å². The third kappa shape index (κ3) is 2.90. The van der Waals surface area contributed by atoms with E-state index in [1.54, 1.807) is 0 Å². The highest BCUT2D eigenvalue weighted by atomic mass is 35.5. The molecule has 25 heavy (non-hydrogen) atoms. The minimum absolute atomic E-state index is 0.125. The second-order valence-electron chi connectivity index (χ2n) is 5.03. The van der Waals surface area contributed by atoms with Crippen LogP contribution in [0.15, 0.2) is 36.8 Å². The number of carboxylic acid groups (broad SMARTS) is 1. The zero-order valence-electron chi connectivity index (χ0n) is 12.4. The monoisotopic (exact) mass is 372 g/mol. The number of H-pyrrole nitrogens is 1. The van der Waals surface area contributed by atoms with E-state index in [0.29, 0.717) is 21.9 Å². The molecular formula is C15H9ClN6O2S. The first-order valence-corrected chi connectivity index (χ1v) is 8.19. The fourth-order valence-corrected chi connectivity index (χ4v) is 3.21. The van der Waals surface area contributed by atoms with Gasteiger partial charge in [-0.3, -0.25) is 0 Å².